The second-order valence-corrected chi connectivity index (χ2v) is 3.88. The Balaban J connectivity index is 2.21. The van der Waals surface area contributed by atoms with E-state index in [9.17, 15) is 4.39 Å². The van der Waals surface area contributed by atoms with Crippen LogP contribution in [0.4, 0.5) is 4.39 Å². The molecule has 0 aliphatic carbocycles. The van der Waals surface area contributed by atoms with Gasteiger partial charge in [-0.3, -0.25) is 0 Å². The summed E-state index contributed by atoms with van der Waals surface area (Å²) >= 11 is 0. The quantitative estimate of drug-likeness (QED) is 0.728. The molecule has 0 radical (unpaired) electrons. The predicted octanol–water partition coefficient (Wildman–Crippen LogP) is 1.58. The third kappa shape index (κ3) is 4.58. The Morgan fingerprint density at radius 3 is 2.15 bits per heavy atom. The minimum atomic E-state index is -0.778. The second-order valence-electron chi connectivity index (χ2n) is 3.88. The van der Waals surface area contributed by atoms with E-state index in [-0.39, 0.29) is 0 Å². The van der Waals surface area contributed by atoms with Crippen LogP contribution in [-0.2, 0) is 0 Å². The lowest BCUT2D eigenvalue weighted by molar-refractivity contribution is 0.0859. The van der Waals surface area contributed by atoms with E-state index in [1.807, 2.05) is 0 Å². The minimum Gasteiger partial charge on any atom is -0.389 e. The smallest absolute Gasteiger partial charge is 0.117 e. The number of nitrogens with zero attached hydrogens (tertiary/aromatic N) is 1. The largest absolute Gasteiger partial charge is 0.389 e. The molecule has 0 aromatic rings. The molecular formula is C10H20FNO. The Kier molecular flexibility index (Phi) is 5.32. The van der Waals surface area contributed by atoms with Crippen molar-refractivity contribution in [3.63, 3.8) is 0 Å². The summed E-state index contributed by atoms with van der Waals surface area (Å²) in [6.07, 6.45) is 5.50. The zero-order valence-corrected chi connectivity index (χ0v) is 8.21. The molecule has 1 fully saturated rings. The van der Waals surface area contributed by atoms with Gasteiger partial charge >= 0.3 is 0 Å². The van der Waals surface area contributed by atoms with Crippen LogP contribution in [0, 0.1) is 0 Å². The average Bonchev–Trinajstić information content (AvgIpc) is 2.09. The highest BCUT2D eigenvalue weighted by atomic mass is 19.1. The number of β-amino-alcohol motifs (C(OH)–C–C–N with tert-alkyl or cyclic N) is 1. The number of hydrogen-bond acceptors (Lipinski definition) is 2. The molecule has 0 saturated carbocycles. The highest BCUT2D eigenvalue weighted by molar-refractivity contribution is 4.66. The maximum absolute atomic E-state index is 12.0. The molecule has 78 valence electrons. The number of aliphatic hydroxyl groups excluding tert-OH is 1. The monoisotopic (exact) mass is 189 g/mol. The van der Waals surface area contributed by atoms with Crippen LogP contribution in [0.3, 0.4) is 0 Å². The number of halogens is 1. The molecule has 13 heavy (non-hydrogen) atoms. The lowest BCUT2D eigenvalue weighted by Crippen LogP contribution is -2.35. The Morgan fingerprint density at radius 1 is 1.08 bits per heavy atom. The summed E-state index contributed by atoms with van der Waals surface area (Å²) < 4.78 is 12.0. The van der Waals surface area contributed by atoms with Gasteiger partial charge in [0.15, 0.2) is 0 Å². The Bertz CT molecular complexity index is 124. The summed E-state index contributed by atoms with van der Waals surface area (Å²) in [5, 5.41) is 9.16. The topological polar surface area (TPSA) is 23.5 Å². The first-order valence-electron chi connectivity index (χ1n) is 5.29. The number of aliphatic hydroxyl groups is 1. The van der Waals surface area contributed by atoms with Gasteiger partial charge in [0, 0.05) is 6.54 Å². The fraction of sp³-hybridized carbons (Fsp3) is 1.00. The summed E-state index contributed by atoms with van der Waals surface area (Å²) in [6, 6.07) is 0. The van der Waals surface area contributed by atoms with Gasteiger partial charge in [0.05, 0.1) is 6.10 Å². The standard InChI is InChI=1S/C10H20FNO/c11-8-10(13)9-12-6-4-2-1-3-5-7-12/h10,13H,1-9H2. The van der Waals surface area contributed by atoms with Gasteiger partial charge in [0.2, 0.25) is 0 Å². The van der Waals surface area contributed by atoms with Crippen LogP contribution in [0.1, 0.15) is 32.1 Å². The molecule has 1 unspecified atom stereocenters. The van der Waals surface area contributed by atoms with E-state index in [0.717, 1.165) is 13.1 Å². The summed E-state index contributed by atoms with van der Waals surface area (Å²) in [5.41, 5.74) is 0. The van der Waals surface area contributed by atoms with Crippen LogP contribution in [0.2, 0.25) is 0 Å². The van der Waals surface area contributed by atoms with Gasteiger partial charge in [-0.15, -0.1) is 0 Å². The van der Waals surface area contributed by atoms with Crippen molar-refractivity contribution in [2.75, 3.05) is 26.3 Å². The number of hydrogen-bond donors (Lipinski definition) is 1. The van der Waals surface area contributed by atoms with Crippen LogP contribution in [0.25, 0.3) is 0 Å². The van der Waals surface area contributed by atoms with Crippen LogP contribution < -0.4 is 0 Å². The Labute approximate surface area is 79.7 Å². The molecule has 0 bridgehead atoms. The molecule has 1 aliphatic rings. The second kappa shape index (κ2) is 6.33. The van der Waals surface area contributed by atoms with Crippen LogP contribution >= 0.6 is 0 Å². The number of alkyl halides is 1. The molecule has 1 N–H and O–H groups in total. The van der Waals surface area contributed by atoms with Gasteiger partial charge in [-0.1, -0.05) is 19.3 Å². The Morgan fingerprint density at radius 2 is 1.62 bits per heavy atom. The third-order valence-corrected chi connectivity index (χ3v) is 2.60. The van der Waals surface area contributed by atoms with Crippen LogP contribution in [-0.4, -0.2) is 42.4 Å². The van der Waals surface area contributed by atoms with Crippen molar-refractivity contribution in [3.05, 3.63) is 0 Å². The molecule has 0 amide bonds. The van der Waals surface area contributed by atoms with E-state index >= 15 is 0 Å². The third-order valence-electron chi connectivity index (χ3n) is 2.60. The first kappa shape index (κ1) is 10.9. The summed E-state index contributed by atoms with van der Waals surface area (Å²) in [6.45, 7) is 1.95. The molecule has 3 heteroatoms. The zero-order chi connectivity index (χ0) is 9.52. The Hall–Kier alpha value is -0.150. The molecule has 0 aromatic carbocycles. The first-order valence-corrected chi connectivity index (χ1v) is 5.29. The highest BCUT2D eigenvalue weighted by Gasteiger charge is 2.12. The van der Waals surface area contributed by atoms with E-state index in [1.54, 1.807) is 0 Å². The van der Waals surface area contributed by atoms with E-state index in [0.29, 0.717) is 6.54 Å². The van der Waals surface area contributed by atoms with E-state index in [2.05, 4.69) is 4.90 Å². The molecule has 1 rings (SSSR count). The fourth-order valence-corrected chi connectivity index (χ4v) is 1.84. The van der Waals surface area contributed by atoms with Crippen molar-refractivity contribution in [3.8, 4) is 0 Å². The maximum Gasteiger partial charge on any atom is 0.117 e. The molecule has 2 nitrogen and oxygen atoms in total. The van der Waals surface area contributed by atoms with Gasteiger partial charge in [-0.05, 0) is 25.9 Å². The molecule has 1 saturated heterocycles. The van der Waals surface area contributed by atoms with E-state index < -0.39 is 12.8 Å². The van der Waals surface area contributed by atoms with Gasteiger partial charge in [0.1, 0.15) is 6.67 Å². The minimum absolute atomic E-state index is 0.510. The molecule has 0 aromatic heterocycles. The highest BCUT2D eigenvalue weighted by Crippen LogP contribution is 2.10. The van der Waals surface area contributed by atoms with Crippen molar-refractivity contribution in [2.24, 2.45) is 0 Å². The molecule has 1 heterocycles. The van der Waals surface area contributed by atoms with Gasteiger partial charge < -0.3 is 10.0 Å². The summed E-state index contributed by atoms with van der Waals surface area (Å²) in [7, 11) is 0. The van der Waals surface area contributed by atoms with E-state index in [1.165, 1.54) is 32.1 Å². The molecular weight excluding hydrogens is 169 g/mol. The van der Waals surface area contributed by atoms with Crippen molar-refractivity contribution < 1.29 is 9.50 Å². The molecule has 1 atom stereocenters. The predicted molar refractivity (Wildman–Crippen MR) is 51.5 cm³/mol. The normalized spacial score (nSPS) is 23.5. The summed E-state index contributed by atoms with van der Waals surface area (Å²) in [5.74, 6) is 0. The zero-order valence-electron chi connectivity index (χ0n) is 8.21. The molecule has 1 aliphatic heterocycles. The van der Waals surface area contributed by atoms with Gasteiger partial charge in [-0.25, -0.2) is 4.39 Å². The van der Waals surface area contributed by atoms with Crippen molar-refractivity contribution >= 4 is 0 Å². The van der Waals surface area contributed by atoms with Crippen molar-refractivity contribution in [1.82, 2.24) is 4.90 Å². The fourth-order valence-electron chi connectivity index (χ4n) is 1.84. The van der Waals surface area contributed by atoms with Gasteiger partial charge in [-0.2, -0.15) is 0 Å². The maximum atomic E-state index is 12.0. The number of likely N-dealkylation sites (tertiary alicyclic amines) is 1. The number of rotatable bonds is 3. The van der Waals surface area contributed by atoms with Crippen molar-refractivity contribution in [2.45, 2.75) is 38.2 Å². The van der Waals surface area contributed by atoms with Crippen LogP contribution in [0.15, 0.2) is 0 Å². The first-order chi connectivity index (χ1) is 6.33. The molecule has 0 spiro atoms. The SMILES string of the molecule is OC(CF)CN1CCCCCCC1. The summed E-state index contributed by atoms with van der Waals surface area (Å²) in [4.78, 5) is 2.18. The van der Waals surface area contributed by atoms with Crippen LogP contribution in [0.5, 0.6) is 0 Å². The lowest BCUT2D eigenvalue weighted by atomic mass is 10.1. The van der Waals surface area contributed by atoms with Crippen molar-refractivity contribution in [1.29, 1.82) is 0 Å². The van der Waals surface area contributed by atoms with E-state index in [4.69, 9.17) is 5.11 Å². The lowest BCUT2D eigenvalue weighted by Gasteiger charge is -2.25. The van der Waals surface area contributed by atoms with Gasteiger partial charge in [0.25, 0.3) is 0 Å². The average molecular weight is 189 g/mol.